The van der Waals surface area contributed by atoms with Crippen LogP contribution in [0.1, 0.15) is 25.5 Å². The summed E-state index contributed by atoms with van der Waals surface area (Å²) in [6.07, 6.45) is 0. The lowest BCUT2D eigenvalue weighted by Gasteiger charge is -2.31. The fourth-order valence-electron chi connectivity index (χ4n) is 1.73. The summed E-state index contributed by atoms with van der Waals surface area (Å²) < 4.78 is 0. The van der Waals surface area contributed by atoms with E-state index in [1.807, 2.05) is 51.2 Å². The molecule has 82 valence electrons. The lowest BCUT2D eigenvalue weighted by atomic mass is 9.80. The number of carbonyl (C=O) groups is 1. The van der Waals surface area contributed by atoms with Crippen LogP contribution in [0, 0.1) is 5.41 Å². The van der Waals surface area contributed by atoms with Crippen molar-refractivity contribution in [2.45, 2.75) is 19.9 Å². The van der Waals surface area contributed by atoms with Gasteiger partial charge in [0.15, 0.2) is 0 Å². The molecule has 3 N–H and O–H groups in total. The molecule has 0 saturated carbocycles. The summed E-state index contributed by atoms with van der Waals surface area (Å²) in [4.78, 5) is 11.4. The highest BCUT2D eigenvalue weighted by Crippen LogP contribution is 2.32. The molecule has 0 bridgehead atoms. The van der Waals surface area contributed by atoms with Crippen LogP contribution in [0.4, 0.5) is 0 Å². The summed E-state index contributed by atoms with van der Waals surface area (Å²) in [5.74, 6) is -0.300. The van der Waals surface area contributed by atoms with Crippen molar-refractivity contribution >= 4 is 5.91 Å². The number of nitrogens with one attached hydrogen (secondary N) is 1. The number of primary amides is 1. The molecular weight excluding hydrogens is 188 g/mol. The Labute approximate surface area is 90.7 Å². The Morgan fingerprint density at radius 3 is 2.27 bits per heavy atom. The minimum absolute atomic E-state index is 0.0591. The van der Waals surface area contributed by atoms with Crippen molar-refractivity contribution in [3.05, 3.63) is 35.9 Å². The zero-order valence-electron chi connectivity index (χ0n) is 9.45. The molecule has 0 saturated heterocycles. The van der Waals surface area contributed by atoms with Crippen LogP contribution in [0.3, 0.4) is 0 Å². The van der Waals surface area contributed by atoms with Crippen molar-refractivity contribution in [1.29, 1.82) is 0 Å². The first-order valence-corrected chi connectivity index (χ1v) is 5.02. The minimum atomic E-state index is -0.601. The first kappa shape index (κ1) is 11.7. The number of rotatable bonds is 4. The summed E-state index contributed by atoms with van der Waals surface area (Å²) in [5.41, 5.74) is 5.88. The second kappa shape index (κ2) is 4.45. The summed E-state index contributed by atoms with van der Waals surface area (Å²) >= 11 is 0. The van der Waals surface area contributed by atoms with Gasteiger partial charge in [-0.25, -0.2) is 0 Å². The van der Waals surface area contributed by atoms with Gasteiger partial charge in [-0.2, -0.15) is 0 Å². The number of nitrogens with two attached hydrogens (primary N) is 1. The van der Waals surface area contributed by atoms with Crippen molar-refractivity contribution in [3.8, 4) is 0 Å². The topological polar surface area (TPSA) is 55.1 Å². The number of hydrogen-bond donors (Lipinski definition) is 2. The number of benzene rings is 1. The Hall–Kier alpha value is -1.35. The quantitative estimate of drug-likeness (QED) is 0.783. The van der Waals surface area contributed by atoms with Gasteiger partial charge in [-0.05, 0) is 26.5 Å². The second-order valence-corrected chi connectivity index (χ2v) is 4.22. The van der Waals surface area contributed by atoms with Crippen LogP contribution in [-0.2, 0) is 4.79 Å². The molecule has 0 spiro atoms. The van der Waals surface area contributed by atoms with Gasteiger partial charge < -0.3 is 11.1 Å². The lowest BCUT2D eigenvalue weighted by Crippen LogP contribution is -2.42. The first-order valence-electron chi connectivity index (χ1n) is 5.02. The second-order valence-electron chi connectivity index (χ2n) is 4.22. The Balaban J connectivity index is 3.05. The van der Waals surface area contributed by atoms with E-state index in [0.29, 0.717) is 0 Å². The molecule has 15 heavy (non-hydrogen) atoms. The summed E-state index contributed by atoms with van der Waals surface area (Å²) in [7, 11) is 1.84. The van der Waals surface area contributed by atoms with Crippen molar-refractivity contribution in [2.75, 3.05) is 7.05 Å². The third kappa shape index (κ3) is 2.36. The molecule has 0 aliphatic heterocycles. The van der Waals surface area contributed by atoms with Crippen LogP contribution < -0.4 is 11.1 Å². The van der Waals surface area contributed by atoms with Crippen LogP contribution in [0.25, 0.3) is 0 Å². The maximum atomic E-state index is 11.4. The molecule has 0 aliphatic carbocycles. The Morgan fingerprint density at radius 2 is 1.87 bits per heavy atom. The highest BCUT2D eigenvalue weighted by molar-refractivity contribution is 5.81. The molecule has 1 aromatic rings. The molecule has 1 unspecified atom stereocenters. The van der Waals surface area contributed by atoms with Gasteiger partial charge in [-0.1, -0.05) is 30.3 Å². The predicted octanol–water partition coefficient (Wildman–Crippen LogP) is 1.46. The number of amides is 1. The molecule has 0 radical (unpaired) electrons. The fourth-order valence-corrected chi connectivity index (χ4v) is 1.73. The molecule has 0 heterocycles. The molecular formula is C12H18N2O. The van der Waals surface area contributed by atoms with Gasteiger partial charge in [-0.3, -0.25) is 4.79 Å². The van der Waals surface area contributed by atoms with E-state index in [1.54, 1.807) is 0 Å². The van der Waals surface area contributed by atoms with E-state index in [4.69, 9.17) is 5.73 Å². The van der Waals surface area contributed by atoms with Crippen LogP contribution in [-0.4, -0.2) is 13.0 Å². The number of carbonyl (C=O) groups excluding carboxylic acids is 1. The van der Waals surface area contributed by atoms with Gasteiger partial charge >= 0.3 is 0 Å². The van der Waals surface area contributed by atoms with E-state index in [9.17, 15) is 4.79 Å². The molecule has 3 heteroatoms. The van der Waals surface area contributed by atoms with Gasteiger partial charge in [0.05, 0.1) is 5.41 Å². The smallest absolute Gasteiger partial charge is 0.225 e. The van der Waals surface area contributed by atoms with Crippen LogP contribution in [0.5, 0.6) is 0 Å². The molecule has 0 aromatic heterocycles. The Bertz CT molecular complexity index is 333. The molecule has 1 amide bonds. The van der Waals surface area contributed by atoms with Crippen LogP contribution >= 0.6 is 0 Å². The van der Waals surface area contributed by atoms with Gasteiger partial charge in [-0.15, -0.1) is 0 Å². The van der Waals surface area contributed by atoms with Gasteiger partial charge in [0.1, 0.15) is 0 Å². The van der Waals surface area contributed by atoms with Crippen molar-refractivity contribution < 1.29 is 4.79 Å². The van der Waals surface area contributed by atoms with Gasteiger partial charge in [0.25, 0.3) is 0 Å². The van der Waals surface area contributed by atoms with Crippen molar-refractivity contribution in [2.24, 2.45) is 11.1 Å². The molecule has 0 fully saturated rings. The van der Waals surface area contributed by atoms with E-state index < -0.39 is 5.41 Å². The Morgan fingerprint density at radius 1 is 1.33 bits per heavy atom. The fraction of sp³-hybridized carbons (Fsp3) is 0.417. The van der Waals surface area contributed by atoms with Crippen LogP contribution in [0.15, 0.2) is 30.3 Å². The average molecular weight is 206 g/mol. The first-order chi connectivity index (χ1) is 7.00. The molecule has 1 aromatic carbocycles. The van der Waals surface area contributed by atoms with E-state index in [-0.39, 0.29) is 11.9 Å². The van der Waals surface area contributed by atoms with Crippen LogP contribution in [0.2, 0.25) is 0 Å². The zero-order valence-corrected chi connectivity index (χ0v) is 9.45. The highest BCUT2D eigenvalue weighted by Gasteiger charge is 2.34. The third-order valence-electron chi connectivity index (χ3n) is 2.78. The maximum absolute atomic E-state index is 11.4. The minimum Gasteiger partial charge on any atom is -0.369 e. The largest absolute Gasteiger partial charge is 0.369 e. The monoisotopic (exact) mass is 206 g/mol. The zero-order chi connectivity index (χ0) is 11.5. The van der Waals surface area contributed by atoms with Gasteiger partial charge in [0, 0.05) is 6.04 Å². The standard InChI is InChI=1S/C12H18N2O/c1-12(2,11(13)15)10(14-3)9-7-5-4-6-8-9/h4-8,10,14H,1-3H3,(H2,13,15). The predicted molar refractivity (Wildman–Crippen MR) is 61.2 cm³/mol. The summed E-state index contributed by atoms with van der Waals surface area (Å²) in [5, 5.41) is 3.14. The molecule has 1 rings (SSSR count). The molecule has 0 aliphatic rings. The summed E-state index contributed by atoms with van der Waals surface area (Å²) in [6.45, 7) is 3.70. The molecule has 1 atom stereocenters. The van der Waals surface area contributed by atoms with E-state index >= 15 is 0 Å². The van der Waals surface area contributed by atoms with Gasteiger partial charge in [0.2, 0.25) is 5.91 Å². The normalized spacial score (nSPS) is 13.5. The Kier molecular flexibility index (Phi) is 3.48. The van der Waals surface area contributed by atoms with Crippen molar-refractivity contribution in [1.82, 2.24) is 5.32 Å². The SMILES string of the molecule is CNC(c1ccccc1)C(C)(C)C(N)=O. The average Bonchev–Trinajstić information content (AvgIpc) is 2.19. The maximum Gasteiger partial charge on any atom is 0.225 e. The van der Waals surface area contributed by atoms with E-state index in [1.165, 1.54) is 0 Å². The highest BCUT2D eigenvalue weighted by atomic mass is 16.1. The molecule has 3 nitrogen and oxygen atoms in total. The van der Waals surface area contributed by atoms with E-state index in [2.05, 4.69) is 5.32 Å². The van der Waals surface area contributed by atoms with E-state index in [0.717, 1.165) is 5.56 Å². The number of hydrogen-bond acceptors (Lipinski definition) is 2. The third-order valence-corrected chi connectivity index (χ3v) is 2.78. The lowest BCUT2D eigenvalue weighted by molar-refractivity contribution is -0.127. The van der Waals surface area contributed by atoms with Crippen molar-refractivity contribution in [3.63, 3.8) is 0 Å². The summed E-state index contributed by atoms with van der Waals surface area (Å²) in [6, 6.07) is 9.79.